The van der Waals surface area contributed by atoms with Crippen molar-refractivity contribution in [2.24, 2.45) is 0 Å². The number of para-hydroxylation sites is 3. The van der Waals surface area contributed by atoms with Gasteiger partial charge in [-0.3, -0.25) is 0 Å². The summed E-state index contributed by atoms with van der Waals surface area (Å²) in [4.78, 5) is 2.65. The Bertz CT molecular complexity index is 2940. The first kappa shape index (κ1) is 33.2. The first-order valence-corrected chi connectivity index (χ1v) is 22.5. The number of aromatic nitrogens is 1. The number of benzene rings is 8. The van der Waals surface area contributed by atoms with Crippen molar-refractivity contribution in [2.75, 3.05) is 4.90 Å². The Morgan fingerprint density at radius 2 is 1.02 bits per heavy atom. The summed E-state index contributed by atoms with van der Waals surface area (Å²) < 4.78 is 2.46. The summed E-state index contributed by atoms with van der Waals surface area (Å²) in [6.45, 7) is 0. The molecule has 0 radical (unpaired) electrons. The van der Waals surface area contributed by atoms with Gasteiger partial charge in [0.1, 0.15) is 0 Å². The minimum absolute atomic E-state index is 0.128. The molecule has 9 aromatic rings. The molecule has 12 rings (SSSR count). The first-order chi connectivity index (χ1) is 28.8. The molecule has 2 aliphatic carbocycles. The zero-order chi connectivity index (χ0) is 38.2. The number of fused-ring (bicyclic) bond motifs is 9. The largest absolute Gasteiger partial charge is 0.333 e. The zero-order valence-corrected chi connectivity index (χ0v) is 33.0. The normalized spacial score (nSPS) is 16.7. The molecule has 2 atom stereocenters. The second-order valence-electron chi connectivity index (χ2n) is 16.0. The molecule has 3 aliphatic rings. The van der Waals surface area contributed by atoms with E-state index in [1.807, 2.05) is 0 Å². The third kappa shape index (κ3) is 4.77. The highest BCUT2D eigenvalue weighted by atomic mass is 28.3. The molecule has 1 aromatic heterocycles. The van der Waals surface area contributed by atoms with E-state index in [-0.39, 0.29) is 12.0 Å². The van der Waals surface area contributed by atoms with Crippen LogP contribution in [0.1, 0.15) is 22.6 Å². The molecule has 0 bridgehead atoms. The van der Waals surface area contributed by atoms with Crippen molar-refractivity contribution in [3.05, 3.63) is 241 Å². The van der Waals surface area contributed by atoms with Crippen LogP contribution in [0.5, 0.6) is 0 Å². The molecule has 58 heavy (non-hydrogen) atoms. The van der Waals surface area contributed by atoms with Crippen molar-refractivity contribution in [1.82, 2.24) is 4.57 Å². The van der Waals surface area contributed by atoms with Crippen molar-refractivity contribution < 1.29 is 0 Å². The molecule has 0 fully saturated rings. The van der Waals surface area contributed by atoms with Gasteiger partial charge in [0.2, 0.25) is 0 Å². The third-order valence-electron chi connectivity index (χ3n) is 13.1. The van der Waals surface area contributed by atoms with Crippen LogP contribution in [0, 0.1) is 0 Å². The van der Waals surface area contributed by atoms with Gasteiger partial charge in [-0.25, -0.2) is 0 Å². The summed E-state index contributed by atoms with van der Waals surface area (Å²) in [5.74, 6) is 0.191. The van der Waals surface area contributed by atoms with E-state index in [9.17, 15) is 0 Å². The van der Waals surface area contributed by atoms with Crippen LogP contribution < -0.4 is 25.6 Å². The van der Waals surface area contributed by atoms with Crippen LogP contribution in [0.25, 0.3) is 33.1 Å². The number of rotatable bonds is 6. The summed E-state index contributed by atoms with van der Waals surface area (Å²) >= 11 is 0. The van der Waals surface area contributed by atoms with Crippen molar-refractivity contribution in [2.45, 2.75) is 18.4 Å². The van der Waals surface area contributed by atoms with E-state index in [2.05, 4.69) is 228 Å². The fourth-order valence-electron chi connectivity index (χ4n) is 10.7. The quantitative estimate of drug-likeness (QED) is 0.121. The minimum atomic E-state index is -2.72. The van der Waals surface area contributed by atoms with Crippen LogP contribution in [0.15, 0.2) is 224 Å². The predicted molar refractivity (Wildman–Crippen MR) is 246 cm³/mol. The van der Waals surface area contributed by atoms with Crippen molar-refractivity contribution in [3.8, 4) is 5.69 Å². The van der Waals surface area contributed by atoms with Crippen molar-refractivity contribution >= 4 is 67.6 Å². The number of allylic oxidation sites excluding steroid dienone is 2. The lowest BCUT2D eigenvalue weighted by Crippen LogP contribution is -2.74. The molecule has 1 aliphatic heterocycles. The second kappa shape index (κ2) is 13.1. The lowest BCUT2D eigenvalue weighted by molar-refractivity contribution is 0.758. The average Bonchev–Trinajstić information content (AvgIpc) is 3.95. The standard InChI is InChI=1S/C55H40N2Si/c1-5-17-40(18-6-1)57-53-34-31-41(56-51-27-15-13-25-46(51)47-26-14-16-28-52(47)56)36-50(53)48-33-30-39-35-38-29-32-45(37-49(38)54(39)55(48)57)58(42-19-7-2-8-20-42,43-21-9-3-10-22-43)44-23-11-4-12-24-44/h1-34,36-37,48,55H,35H2. The number of hydrogen-bond donors (Lipinski definition) is 0. The van der Waals surface area contributed by atoms with E-state index in [1.54, 1.807) is 0 Å². The topological polar surface area (TPSA) is 8.17 Å². The molecule has 0 spiro atoms. The second-order valence-corrected chi connectivity index (χ2v) is 19.8. The molecular weight excluding hydrogens is 717 g/mol. The minimum Gasteiger partial charge on any atom is -0.333 e. The van der Waals surface area contributed by atoms with Crippen molar-refractivity contribution in [3.63, 3.8) is 0 Å². The van der Waals surface area contributed by atoms with Gasteiger partial charge < -0.3 is 9.47 Å². The summed E-state index contributed by atoms with van der Waals surface area (Å²) in [7, 11) is -2.72. The van der Waals surface area contributed by atoms with E-state index < -0.39 is 8.07 Å². The smallest absolute Gasteiger partial charge is 0.179 e. The summed E-state index contributed by atoms with van der Waals surface area (Å²) in [5, 5.41) is 8.20. The van der Waals surface area contributed by atoms with E-state index in [0.717, 1.165) is 6.42 Å². The average molecular weight is 757 g/mol. The Morgan fingerprint density at radius 1 is 0.466 bits per heavy atom. The summed E-state index contributed by atoms with van der Waals surface area (Å²) in [6.07, 6.45) is 5.91. The van der Waals surface area contributed by atoms with Crippen LogP contribution in [0.3, 0.4) is 0 Å². The van der Waals surface area contributed by atoms with E-state index in [1.165, 1.54) is 87.5 Å². The van der Waals surface area contributed by atoms with E-state index in [4.69, 9.17) is 0 Å². The third-order valence-corrected chi connectivity index (χ3v) is 17.9. The van der Waals surface area contributed by atoms with Crippen LogP contribution in [0.4, 0.5) is 11.4 Å². The molecular formula is C55H40N2Si. The van der Waals surface area contributed by atoms with Gasteiger partial charge in [0.25, 0.3) is 0 Å². The Labute approximate surface area is 340 Å². The maximum absolute atomic E-state index is 2.72. The molecule has 0 saturated carbocycles. The van der Waals surface area contributed by atoms with Gasteiger partial charge >= 0.3 is 0 Å². The van der Waals surface area contributed by atoms with Crippen LogP contribution >= 0.6 is 0 Å². The fourth-order valence-corrected chi connectivity index (χ4v) is 15.5. The molecule has 2 unspecified atom stereocenters. The molecule has 3 heteroatoms. The van der Waals surface area contributed by atoms with Gasteiger partial charge in [-0.1, -0.05) is 176 Å². The summed E-state index contributed by atoms with van der Waals surface area (Å²) in [6, 6.07) is 77.5. The Hall–Kier alpha value is -6.94. The summed E-state index contributed by atoms with van der Waals surface area (Å²) in [5.41, 5.74) is 13.3. The van der Waals surface area contributed by atoms with Gasteiger partial charge in [0, 0.05) is 33.8 Å². The van der Waals surface area contributed by atoms with Gasteiger partial charge in [0.05, 0.1) is 17.1 Å². The highest BCUT2D eigenvalue weighted by Gasteiger charge is 2.47. The van der Waals surface area contributed by atoms with Gasteiger partial charge in [0.15, 0.2) is 8.07 Å². The highest BCUT2D eigenvalue weighted by Crippen LogP contribution is 2.55. The van der Waals surface area contributed by atoms with Crippen molar-refractivity contribution in [1.29, 1.82) is 0 Å². The lowest BCUT2D eigenvalue weighted by Gasteiger charge is -2.36. The molecule has 0 amide bonds. The Balaban J connectivity index is 1.06. The van der Waals surface area contributed by atoms with Crippen LogP contribution in [0.2, 0.25) is 0 Å². The van der Waals surface area contributed by atoms with E-state index >= 15 is 0 Å². The number of nitrogens with zero attached hydrogens (tertiary/aromatic N) is 2. The highest BCUT2D eigenvalue weighted by molar-refractivity contribution is 7.19. The van der Waals surface area contributed by atoms with E-state index in [0.29, 0.717) is 0 Å². The lowest BCUT2D eigenvalue weighted by atomic mass is 9.82. The maximum atomic E-state index is 2.65. The predicted octanol–water partition coefficient (Wildman–Crippen LogP) is 10.3. The Morgan fingerprint density at radius 3 is 1.62 bits per heavy atom. The molecule has 0 N–H and O–H groups in total. The molecule has 0 saturated heterocycles. The van der Waals surface area contributed by atoms with Gasteiger partial charge in [-0.2, -0.15) is 0 Å². The van der Waals surface area contributed by atoms with Crippen LogP contribution in [-0.2, 0) is 6.42 Å². The van der Waals surface area contributed by atoms with Crippen LogP contribution in [-0.4, -0.2) is 18.7 Å². The molecule has 8 aromatic carbocycles. The van der Waals surface area contributed by atoms with Gasteiger partial charge in [-0.15, -0.1) is 0 Å². The SMILES string of the molecule is C1=CC2c3cc(-n4c5ccccc5c5ccccc54)ccc3N(c3ccccc3)C2C2=C1Cc1ccc([Si](c3ccccc3)(c3ccccc3)c3ccccc3)cc12. The molecule has 2 heterocycles. The maximum Gasteiger partial charge on any atom is 0.179 e. The Kier molecular flexibility index (Phi) is 7.48. The van der Waals surface area contributed by atoms with Gasteiger partial charge in [-0.05, 0) is 97.5 Å². The zero-order valence-electron chi connectivity index (χ0n) is 32.0. The monoisotopic (exact) mass is 756 g/mol. The number of hydrogen-bond acceptors (Lipinski definition) is 1. The number of anilines is 2. The fraction of sp³-hybridized carbons (Fsp3) is 0.0545. The molecule has 274 valence electrons. The first-order valence-electron chi connectivity index (χ1n) is 20.5. The molecule has 2 nitrogen and oxygen atoms in total.